The van der Waals surface area contributed by atoms with Crippen molar-refractivity contribution < 1.29 is 4.74 Å². The van der Waals surface area contributed by atoms with E-state index in [0.717, 1.165) is 49.7 Å². The molecule has 4 heterocycles. The SMILES string of the molecule is CCC(C)CCC(CC)c1cn2c(cnc3[nH]cc(C4CCOCC4)c32)n1. The largest absolute Gasteiger partial charge is 0.381 e. The maximum Gasteiger partial charge on any atom is 0.156 e. The van der Waals surface area contributed by atoms with Crippen molar-refractivity contribution in [3.05, 3.63) is 29.8 Å². The summed E-state index contributed by atoms with van der Waals surface area (Å²) in [5.74, 6) is 1.85. The molecule has 1 fully saturated rings. The fraction of sp³-hybridized carbons (Fsp3) is 0.636. The summed E-state index contributed by atoms with van der Waals surface area (Å²) in [5, 5.41) is 0. The smallest absolute Gasteiger partial charge is 0.156 e. The van der Waals surface area contributed by atoms with Crippen molar-refractivity contribution >= 4 is 16.8 Å². The summed E-state index contributed by atoms with van der Waals surface area (Å²) >= 11 is 0. The average molecular weight is 369 g/mol. The first-order chi connectivity index (χ1) is 13.2. The van der Waals surface area contributed by atoms with Crippen LogP contribution in [0.3, 0.4) is 0 Å². The number of aromatic amines is 1. The highest BCUT2D eigenvalue weighted by Gasteiger charge is 2.22. The third-order valence-electron chi connectivity index (χ3n) is 6.44. The third-order valence-corrected chi connectivity index (χ3v) is 6.44. The minimum atomic E-state index is 0.527. The Balaban J connectivity index is 1.70. The number of hydrogen-bond acceptors (Lipinski definition) is 3. The number of H-pyrrole nitrogens is 1. The quantitative estimate of drug-likeness (QED) is 0.605. The Labute approximate surface area is 161 Å². The molecule has 1 saturated heterocycles. The van der Waals surface area contributed by atoms with Crippen molar-refractivity contribution in [2.24, 2.45) is 5.92 Å². The molecule has 3 aromatic heterocycles. The van der Waals surface area contributed by atoms with Gasteiger partial charge in [0.1, 0.15) is 0 Å². The fourth-order valence-corrected chi connectivity index (χ4v) is 4.34. The van der Waals surface area contributed by atoms with Gasteiger partial charge >= 0.3 is 0 Å². The van der Waals surface area contributed by atoms with Crippen molar-refractivity contribution in [1.29, 1.82) is 0 Å². The maximum absolute atomic E-state index is 5.56. The second-order valence-corrected chi connectivity index (χ2v) is 8.18. The molecule has 4 rings (SSSR count). The lowest BCUT2D eigenvalue weighted by Gasteiger charge is -2.21. The number of imidazole rings is 1. The maximum atomic E-state index is 5.56. The van der Waals surface area contributed by atoms with Gasteiger partial charge in [-0.05, 0) is 43.1 Å². The Morgan fingerprint density at radius 2 is 2.04 bits per heavy atom. The Bertz CT molecular complexity index is 890. The number of ether oxygens (including phenoxy) is 1. The van der Waals surface area contributed by atoms with Crippen LogP contribution in [-0.4, -0.2) is 32.6 Å². The molecule has 2 unspecified atom stereocenters. The Hall–Kier alpha value is -1.88. The van der Waals surface area contributed by atoms with E-state index >= 15 is 0 Å². The van der Waals surface area contributed by atoms with Crippen LogP contribution in [0.25, 0.3) is 16.8 Å². The molecule has 3 aromatic rings. The van der Waals surface area contributed by atoms with Crippen molar-refractivity contribution in [1.82, 2.24) is 19.4 Å². The van der Waals surface area contributed by atoms with E-state index in [-0.39, 0.29) is 0 Å². The van der Waals surface area contributed by atoms with E-state index in [1.54, 1.807) is 0 Å². The normalized spacial score (nSPS) is 18.3. The van der Waals surface area contributed by atoms with Gasteiger partial charge in [0.25, 0.3) is 0 Å². The predicted octanol–water partition coefficient (Wildman–Crippen LogP) is 5.42. The van der Waals surface area contributed by atoms with Crippen LogP contribution in [0.4, 0.5) is 0 Å². The van der Waals surface area contributed by atoms with E-state index in [9.17, 15) is 0 Å². The Kier molecular flexibility index (Phi) is 5.48. The highest BCUT2D eigenvalue weighted by molar-refractivity contribution is 5.79. The molecular formula is C22H32N4O. The van der Waals surface area contributed by atoms with Crippen LogP contribution in [0.15, 0.2) is 18.6 Å². The van der Waals surface area contributed by atoms with E-state index in [1.165, 1.54) is 36.0 Å². The van der Waals surface area contributed by atoms with Crippen LogP contribution in [0.5, 0.6) is 0 Å². The molecule has 0 bridgehead atoms. The lowest BCUT2D eigenvalue weighted by Crippen LogP contribution is -2.14. The number of nitrogens with zero attached hydrogens (tertiary/aromatic N) is 3. The summed E-state index contributed by atoms with van der Waals surface area (Å²) in [7, 11) is 0. The van der Waals surface area contributed by atoms with Crippen LogP contribution in [-0.2, 0) is 4.74 Å². The Morgan fingerprint density at radius 3 is 2.78 bits per heavy atom. The Morgan fingerprint density at radius 1 is 1.22 bits per heavy atom. The molecule has 1 aliphatic heterocycles. The summed E-state index contributed by atoms with van der Waals surface area (Å²) in [4.78, 5) is 13.0. The van der Waals surface area contributed by atoms with Gasteiger partial charge in [0, 0.05) is 31.5 Å². The molecule has 0 spiro atoms. The molecule has 1 N–H and O–H groups in total. The van der Waals surface area contributed by atoms with Crippen LogP contribution in [0.1, 0.15) is 82.4 Å². The molecule has 1 aliphatic rings. The van der Waals surface area contributed by atoms with Crippen molar-refractivity contribution in [3.63, 3.8) is 0 Å². The molecule has 5 nitrogen and oxygen atoms in total. The summed E-state index contributed by atoms with van der Waals surface area (Å²) in [6, 6.07) is 0. The minimum absolute atomic E-state index is 0.527. The van der Waals surface area contributed by atoms with E-state index < -0.39 is 0 Å². The molecule has 0 aromatic carbocycles. The van der Waals surface area contributed by atoms with Gasteiger partial charge < -0.3 is 9.72 Å². The lowest BCUT2D eigenvalue weighted by molar-refractivity contribution is 0.0856. The fourth-order valence-electron chi connectivity index (χ4n) is 4.34. The van der Waals surface area contributed by atoms with Crippen molar-refractivity contribution in [2.75, 3.05) is 13.2 Å². The molecule has 0 radical (unpaired) electrons. The molecule has 5 heteroatoms. The summed E-state index contributed by atoms with van der Waals surface area (Å²) in [6.45, 7) is 8.61. The molecule has 27 heavy (non-hydrogen) atoms. The number of nitrogens with one attached hydrogen (secondary N) is 1. The van der Waals surface area contributed by atoms with Crippen LogP contribution >= 0.6 is 0 Å². The van der Waals surface area contributed by atoms with Crippen LogP contribution < -0.4 is 0 Å². The first-order valence-electron chi connectivity index (χ1n) is 10.6. The zero-order valence-electron chi connectivity index (χ0n) is 16.9. The lowest BCUT2D eigenvalue weighted by atomic mass is 9.92. The number of fused-ring (bicyclic) bond motifs is 3. The monoisotopic (exact) mass is 368 g/mol. The highest BCUT2D eigenvalue weighted by Crippen LogP contribution is 2.33. The second kappa shape index (κ2) is 8.01. The van der Waals surface area contributed by atoms with Gasteiger partial charge in [-0.3, -0.25) is 4.40 Å². The van der Waals surface area contributed by atoms with E-state index in [2.05, 4.69) is 47.5 Å². The molecule has 0 saturated carbocycles. The standard InChI is InChI=1S/C22H32N4O/c1-4-15(3)6-7-16(5-2)19-14-26-20(25-19)13-24-22-21(26)18(12-23-22)17-8-10-27-11-9-17/h12-17,23H,4-11H2,1-3H3. The number of rotatable bonds is 7. The van der Waals surface area contributed by atoms with Gasteiger partial charge in [-0.25, -0.2) is 9.97 Å². The average Bonchev–Trinajstić information content (AvgIpc) is 3.32. The molecule has 2 atom stereocenters. The molecule has 146 valence electrons. The predicted molar refractivity (Wildman–Crippen MR) is 109 cm³/mol. The third kappa shape index (κ3) is 3.62. The van der Waals surface area contributed by atoms with Crippen LogP contribution in [0.2, 0.25) is 0 Å². The summed E-state index contributed by atoms with van der Waals surface area (Å²) in [5.41, 5.74) is 5.71. The van der Waals surface area contributed by atoms with Gasteiger partial charge in [0.05, 0.1) is 17.4 Å². The minimum Gasteiger partial charge on any atom is -0.381 e. The van der Waals surface area contributed by atoms with Crippen LogP contribution in [0, 0.1) is 5.92 Å². The topological polar surface area (TPSA) is 55.2 Å². The zero-order valence-corrected chi connectivity index (χ0v) is 16.9. The number of aromatic nitrogens is 4. The molecule has 0 aliphatic carbocycles. The van der Waals surface area contributed by atoms with Gasteiger partial charge in [0.15, 0.2) is 11.3 Å². The summed E-state index contributed by atoms with van der Waals surface area (Å²) in [6.07, 6.45) is 13.3. The molecular weight excluding hydrogens is 336 g/mol. The van der Waals surface area contributed by atoms with Crippen molar-refractivity contribution in [2.45, 2.75) is 71.1 Å². The second-order valence-electron chi connectivity index (χ2n) is 8.18. The summed E-state index contributed by atoms with van der Waals surface area (Å²) < 4.78 is 7.83. The first kappa shape index (κ1) is 18.5. The van der Waals surface area contributed by atoms with Gasteiger partial charge in [-0.2, -0.15) is 0 Å². The van der Waals surface area contributed by atoms with Crippen molar-refractivity contribution in [3.8, 4) is 0 Å². The van der Waals surface area contributed by atoms with E-state index in [1.807, 2.05) is 6.20 Å². The van der Waals surface area contributed by atoms with E-state index in [4.69, 9.17) is 9.72 Å². The molecule has 0 amide bonds. The van der Waals surface area contributed by atoms with Gasteiger partial charge in [-0.15, -0.1) is 0 Å². The van der Waals surface area contributed by atoms with E-state index in [0.29, 0.717) is 11.8 Å². The number of hydrogen-bond donors (Lipinski definition) is 1. The van der Waals surface area contributed by atoms with Gasteiger partial charge in [-0.1, -0.05) is 33.6 Å². The first-order valence-corrected chi connectivity index (χ1v) is 10.6. The van der Waals surface area contributed by atoms with Gasteiger partial charge in [0.2, 0.25) is 0 Å². The highest BCUT2D eigenvalue weighted by atomic mass is 16.5. The zero-order chi connectivity index (χ0) is 18.8.